The molecule has 0 saturated carbocycles. The number of rotatable bonds is 5. The minimum absolute atomic E-state index is 0.302. The first-order valence-electron chi connectivity index (χ1n) is 5.21. The van der Waals surface area contributed by atoms with E-state index in [0.717, 1.165) is 5.56 Å². The van der Waals surface area contributed by atoms with E-state index >= 15 is 0 Å². The molecule has 0 aliphatic rings. The molecule has 0 aliphatic carbocycles. The van der Waals surface area contributed by atoms with Gasteiger partial charge >= 0.3 is 5.97 Å². The van der Waals surface area contributed by atoms with Gasteiger partial charge in [-0.15, -0.1) is 0 Å². The van der Waals surface area contributed by atoms with Gasteiger partial charge in [-0.3, -0.25) is 9.59 Å². The summed E-state index contributed by atoms with van der Waals surface area (Å²) >= 11 is 0. The van der Waals surface area contributed by atoms with Crippen molar-refractivity contribution in [3.8, 4) is 11.5 Å². The smallest absolute Gasteiger partial charge is 0.311 e. The number of esters is 1. The summed E-state index contributed by atoms with van der Waals surface area (Å²) in [5, 5.41) is 0. The zero-order chi connectivity index (χ0) is 12.7. The summed E-state index contributed by atoms with van der Waals surface area (Å²) in [6.45, 7) is 1.72. The van der Waals surface area contributed by atoms with Crippen molar-refractivity contribution >= 4 is 18.3 Å². The van der Waals surface area contributed by atoms with Crippen LogP contribution in [0.15, 0.2) is 24.3 Å². The van der Waals surface area contributed by atoms with Crippen LogP contribution in [-0.4, -0.2) is 19.4 Å². The minimum Gasteiger partial charge on any atom is -0.493 e. The maximum atomic E-state index is 11.2. The lowest BCUT2D eigenvalue weighted by Crippen LogP contribution is -2.06. The van der Waals surface area contributed by atoms with Crippen LogP contribution in [0.5, 0.6) is 11.5 Å². The van der Waals surface area contributed by atoms with Crippen LogP contribution >= 0.6 is 0 Å². The maximum absolute atomic E-state index is 11.2. The number of methoxy groups -OCH3 is 1. The molecule has 0 bridgehead atoms. The Hall–Kier alpha value is -2.10. The normalized spacial score (nSPS) is 10.2. The lowest BCUT2D eigenvalue weighted by molar-refractivity contribution is -0.134. The van der Waals surface area contributed by atoms with Crippen LogP contribution in [0, 0.1) is 0 Å². The molecule has 1 aromatic carbocycles. The van der Waals surface area contributed by atoms with Crippen molar-refractivity contribution in [3.05, 3.63) is 29.8 Å². The van der Waals surface area contributed by atoms with Gasteiger partial charge in [0.1, 0.15) is 6.29 Å². The zero-order valence-electron chi connectivity index (χ0n) is 9.80. The van der Waals surface area contributed by atoms with Crippen LogP contribution in [-0.2, 0) is 9.59 Å². The van der Waals surface area contributed by atoms with Crippen LogP contribution in [0.1, 0.15) is 18.9 Å². The molecule has 0 N–H and O–H groups in total. The van der Waals surface area contributed by atoms with Crippen molar-refractivity contribution in [1.29, 1.82) is 0 Å². The van der Waals surface area contributed by atoms with Gasteiger partial charge < -0.3 is 9.47 Å². The highest BCUT2D eigenvalue weighted by molar-refractivity contribution is 5.75. The minimum atomic E-state index is -0.320. The Balaban J connectivity index is 2.96. The highest BCUT2D eigenvalue weighted by Gasteiger charge is 2.08. The molecule has 17 heavy (non-hydrogen) atoms. The van der Waals surface area contributed by atoms with E-state index in [0.29, 0.717) is 24.2 Å². The van der Waals surface area contributed by atoms with E-state index in [9.17, 15) is 9.59 Å². The van der Waals surface area contributed by atoms with Gasteiger partial charge in [0, 0.05) is 6.42 Å². The lowest BCUT2D eigenvalue weighted by Gasteiger charge is -2.09. The molecular weight excluding hydrogens is 220 g/mol. The molecule has 0 aliphatic heterocycles. The Morgan fingerprint density at radius 2 is 2.12 bits per heavy atom. The molecule has 0 radical (unpaired) electrons. The molecule has 0 atom stereocenters. The van der Waals surface area contributed by atoms with Gasteiger partial charge in [-0.05, 0) is 23.8 Å². The molecule has 1 rings (SSSR count). The Morgan fingerprint density at radius 3 is 2.71 bits per heavy atom. The second kappa shape index (κ2) is 6.48. The van der Waals surface area contributed by atoms with Gasteiger partial charge in [0.2, 0.25) is 0 Å². The number of hydrogen-bond acceptors (Lipinski definition) is 4. The van der Waals surface area contributed by atoms with E-state index in [1.165, 1.54) is 13.2 Å². The molecule has 4 nitrogen and oxygen atoms in total. The van der Waals surface area contributed by atoms with Gasteiger partial charge in [0.15, 0.2) is 11.5 Å². The summed E-state index contributed by atoms with van der Waals surface area (Å²) in [6.07, 6.45) is 4.01. The Morgan fingerprint density at radius 1 is 1.35 bits per heavy atom. The zero-order valence-corrected chi connectivity index (χ0v) is 9.80. The average Bonchev–Trinajstić information content (AvgIpc) is 2.37. The standard InChI is InChI=1S/C13H14O4/c1-3-13(15)17-11-7-6-10(5-4-8-14)9-12(11)16-2/h4-9H,3H2,1-2H3/b5-4+. The molecular formula is C13H14O4. The molecule has 4 heteroatoms. The van der Waals surface area contributed by atoms with E-state index in [1.807, 2.05) is 0 Å². The molecule has 0 fully saturated rings. The Bertz CT molecular complexity index is 435. The predicted octanol–water partition coefficient (Wildman–Crippen LogP) is 2.22. The third-order valence-electron chi connectivity index (χ3n) is 2.07. The van der Waals surface area contributed by atoms with Gasteiger partial charge in [0.25, 0.3) is 0 Å². The van der Waals surface area contributed by atoms with Crippen molar-refractivity contribution in [2.45, 2.75) is 13.3 Å². The summed E-state index contributed by atoms with van der Waals surface area (Å²) in [4.78, 5) is 21.4. The Kier molecular flexibility index (Phi) is 4.94. The number of ether oxygens (including phenoxy) is 2. The van der Waals surface area contributed by atoms with Gasteiger partial charge in [-0.1, -0.05) is 19.1 Å². The van der Waals surface area contributed by atoms with Gasteiger partial charge in [0.05, 0.1) is 7.11 Å². The molecule has 0 aromatic heterocycles. The summed E-state index contributed by atoms with van der Waals surface area (Å²) in [6, 6.07) is 5.07. The maximum Gasteiger partial charge on any atom is 0.311 e. The molecule has 0 spiro atoms. The van der Waals surface area contributed by atoms with Crippen molar-refractivity contribution < 1.29 is 19.1 Å². The topological polar surface area (TPSA) is 52.6 Å². The van der Waals surface area contributed by atoms with E-state index < -0.39 is 0 Å². The fourth-order valence-corrected chi connectivity index (χ4v) is 1.22. The van der Waals surface area contributed by atoms with Crippen LogP contribution in [0.3, 0.4) is 0 Å². The van der Waals surface area contributed by atoms with Crippen molar-refractivity contribution in [2.75, 3.05) is 7.11 Å². The second-order valence-electron chi connectivity index (χ2n) is 3.23. The third kappa shape index (κ3) is 3.75. The fourth-order valence-electron chi connectivity index (χ4n) is 1.22. The summed E-state index contributed by atoms with van der Waals surface area (Å²) in [7, 11) is 1.49. The molecule has 1 aromatic rings. The molecule has 90 valence electrons. The van der Waals surface area contributed by atoms with Gasteiger partial charge in [-0.2, -0.15) is 0 Å². The fraction of sp³-hybridized carbons (Fsp3) is 0.231. The monoisotopic (exact) mass is 234 g/mol. The molecule has 0 amide bonds. The van der Waals surface area contributed by atoms with Crippen LogP contribution in [0.25, 0.3) is 6.08 Å². The van der Waals surface area contributed by atoms with Crippen molar-refractivity contribution in [3.63, 3.8) is 0 Å². The van der Waals surface area contributed by atoms with Crippen molar-refractivity contribution in [2.24, 2.45) is 0 Å². The van der Waals surface area contributed by atoms with E-state index in [2.05, 4.69) is 0 Å². The largest absolute Gasteiger partial charge is 0.493 e. The molecule has 0 unspecified atom stereocenters. The Labute approximate surface area is 99.8 Å². The number of benzene rings is 1. The first-order valence-corrected chi connectivity index (χ1v) is 5.21. The number of carbonyl (C=O) groups excluding carboxylic acids is 2. The van der Waals surface area contributed by atoms with E-state index in [-0.39, 0.29) is 5.97 Å². The first-order chi connectivity index (χ1) is 8.21. The summed E-state index contributed by atoms with van der Waals surface area (Å²) in [5.74, 6) is 0.516. The number of aldehydes is 1. The van der Waals surface area contributed by atoms with Crippen molar-refractivity contribution in [1.82, 2.24) is 0 Å². The van der Waals surface area contributed by atoms with E-state index in [1.54, 1.807) is 31.2 Å². The number of allylic oxidation sites excluding steroid dienone is 1. The predicted molar refractivity (Wildman–Crippen MR) is 64.0 cm³/mol. The highest BCUT2D eigenvalue weighted by Crippen LogP contribution is 2.28. The van der Waals surface area contributed by atoms with Crippen LogP contribution in [0.4, 0.5) is 0 Å². The second-order valence-corrected chi connectivity index (χ2v) is 3.23. The quantitative estimate of drug-likeness (QED) is 0.339. The first kappa shape index (κ1) is 13.0. The van der Waals surface area contributed by atoms with Crippen LogP contribution in [0.2, 0.25) is 0 Å². The number of carbonyl (C=O) groups is 2. The molecule has 0 saturated heterocycles. The van der Waals surface area contributed by atoms with E-state index in [4.69, 9.17) is 9.47 Å². The van der Waals surface area contributed by atoms with Gasteiger partial charge in [-0.25, -0.2) is 0 Å². The highest BCUT2D eigenvalue weighted by atomic mass is 16.6. The number of hydrogen-bond donors (Lipinski definition) is 0. The lowest BCUT2D eigenvalue weighted by atomic mass is 10.2. The molecule has 0 heterocycles. The SMILES string of the molecule is CCC(=O)Oc1ccc(/C=C/C=O)cc1OC. The average molecular weight is 234 g/mol. The summed E-state index contributed by atoms with van der Waals surface area (Å²) < 4.78 is 10.2. The summed E-state index contributed by atoms with van der Waals surface area (Å²) in [5.41, 5.74) is 0.797. The van der Waals surface area contributed by atoms with Crippen LogP contribution < -0.4 is 9.47 Å². The third-order valence-corrected chi connectivity index (χ3v) is 2.07.